The molecule has 21 heavy (non-hydrogen) atoms. The number of nitrogens with one attached hydrogen (secondary N) is 1. The van der Waals surface area contributed by atoms with E-state index in [0.29, 0.717) is 12.1 Å². The zero-order chi connectivity index (χ0) is 15.4. The Balaban J connectivity index is 2.09. The third-order valence-corrected chi connectivity index (χ3v) is 3.54. The predicted molar refractivity (Wildman–Crippen MR) is 79.8 cm³/mol. The van der Waals surface area contributed by atoms with Crippen LogP contribution in [0.5, 0.6) is 0 Å². The van der Waals surface area contributed by atoms with Crippen LogP contribution < -0.4 is 5.32 Å². The van der Waals surface area contributed by atoms with E-state index in [1.807, 2.05) is 6.92 Å². The molecule has 0 heterocycles. The van der Waals surface area contributed by atoms with Crippen molar-refractivity contribution in [1.29, 1.82) is 0 Å². The Morgan fingerprint density at radius 1 is 1.33 bits per heavy atom. The third-order valence-electron chi connectivity index (χ3n) is 3.23. The number of benzene rings is 2. The van der Waals surface area contributed by atoms with E-state index >= 15 is 0 Å². The predicted octanol–water partition coefficient (Wildman–Crippen LogP) is 4.24. The molecule has 4 nitrogen and oxygen atoms in total. The molecule has 0 amide bonds. The number of rotatable bonds is 5. The van der Waals surface area contributed by atoms with Crippen molar-refractivity contribution in [3.05, 3.63) is 74.5 Å². The van der Waals surface area contributed by atoms with Gasteiger partial charge in [0.15, 0.2) is 0 Å². The lowest BCUT2D eigenvalue weighted by molar-refractivity contribution is -0.385. The minimum absolute atomic E-state index is 0.0690. The molecule has 0 aromatic heterocycles. The fourth-order valence-corrected chi connectivity index (χ4v) is 2.12. The van der Waals surface area contributed by atoms with Crippen LogP contribution >= 0.6 is 11.6 Å². The van der Waals surface area contributed by atoms with Gasteiger partial charge < -0.3 is 5.32 Å². The number of hydrogen-bond donors (Lipinski definition) is 1. The van der Waals surface area contributed by atoms with Gasteiger partial charge in [0, 0.05) is 24.2 Å². The summed E-state index contributed by atoms with van der Waals surface area (Å²) < 4.78 is 13.4. The summed E-state index contributed by atoms with van der Waals surface area (Å²) in [4.78, 5) is 10.5. The van der Waals surface area contributed by atoms with E-state index in [1.54, 1.807) is 24.3 Å². The molecule has 0 saturated carbocycles. The standard InChI is InChI=1S/C15H14ClFN2O2/c1-10(11-6-7-13(16)14(17)8-11)18-9-12-4-2-3-5-15(12)19(20)21/h2-8,10,18H,9H2,1H3. The summed E-state index contributed by atoms with van der Waals surface area (Å²) in [6.07, 6.45) is 0. The van der Waals surface area contributed by atoms with E-state index in [-0.39, 0.29) is 16.8 Å². The summed E-state index contributed by atoms with van der Waals surface area (Å²) >= 11 is 5.64. The van der Waals surface area contributed by atoms with Gasteiger partial charge in [-0.25, -0.2) is 4.39 Å². The van der Waals surface area contributed by atoms with Crippen molar-refractivity contribution in [2.45, 2.75) is 19.5 Å². The summed E-state index contributed by atoms with van der Waals surface area (Å²) in [6.45, 7) is 2.18. The Morgan fingerprint density at radius 2 is 2.05 bits per heavy atom. The summed E-state index contributed by atoms with van der Waals surface area (Å²) in [5.41, 5.74) is 1.39. The highest BCUT2D eigenvalue weighted by Crippen LogP contribution is 2.22. The molecule has 0 radical (unpaired) electrons. The number of nitro benzene ring substituents is 1. The van der Waals surface area contributed by atoms with Crippen LogP contribution in [0.15, 0.2) is 42.5 Å². The molecule has 0 bridgehead atoms. The number of nitrogens with zero attached hydrogens (tertiary/aromatic N) is 1. The quantitative estimate of drug-likeness (QED) is 0.664. The molecule has 0 fully saturated rings. The van der Waals surface area contributed by atoms with Crippen molar-refractivity contribution in [3.8, 4) is 0 Å². The minimum Gasteiger partial charge on any atom is -0.306 e. The Hall–Kier alpha value is -1.98. The van der Waals surface area contributed by atoms with Crippen LogP contribution in [0, 0.1) is 15.9 Å². The largest absolute Gasteiger partial charge is 0.306 e. The van der Waals surface area contributed by atoms with Crippen LogP contribution in [-0.4, -0.2) is 4.92 Å². The first kappa shape index (κ1) is 15.4. The Kier molecular flexibility index (Phi) is 4.88. The fourth-order valence-electron chi connectivity index (χ4n) is 2.00. The first-order valence-electron chi connectivity index (χ1n) is 6.39. The molecule has 2 rings (SSSR count). The van der Waals surface area contributed by atoms with E-state index in [2.05, 4.69) is 5.32 Å². The fraction of sp³-hybridized carbons (Fsp3) is 0.200. The Labute approximate surface area is 126 Å². The smallest absolute Gasteiger partial charge is 0.273 e. The van der Waals surface area contributed by atoms with E-state index in [9.17, 15) is 14.5 Å². The van der Waals surface area contributed by atoms with Crippen LogP contribution in [0.25, 0.3) is 0 Å². The highest BCUT2D eigenvalue weighted by Gasteiger charge is 2.14. The summed E-state index contributed by atoms with van der Waals surface area (Å²) in [5, 5.41) is 14.1. The van der Waals surface area contributed by atoms with Gasteiger partial charge in [-0.05, 0) is 24.6 Å². The highest BCUT2D eigenvalue weighted by molar-refractivity contribution is 6.30. The first-order valence-corrected chi connectivity index (χ1v) is 6.77. The molecule has 2 aromatic rings. The summed E-state index contributed by atoms with van der Waals surface area (Å²) in [7, 11) is 0. The maximum absolute atomic E-state index is 13.4. The number of nitro groups is 1. The lowest BCUT2D eigenvalue weighted by Crippen LogP contribution is -2.18. The number of halogens is 2. The van der Waals surface area contributed by atoms with Crippen molar-refractivity contribution in [1.82, 2.24) is 5.32 Å². The SMILES string of the molecule is CC(NCc1ccccc1[N+](=O)[O-])c1ccc(Cl)c(F)c1. The van der Waals surface area contributed by atoms with Crippen molar-refractivity contribution in [2.75, 3.05) is 0 Å². The third kappa shape index (κ3) is 3.77. The molecule has 1 unspecified atom stereocenters. The zero-order valence-electron chi connectivity index (χ0n) is 11.3. The van der Waals surface area contributed by atoms with E-state index in [0.717, 1.165) is 5.56 Å². The maximum atomic E-state index is 13.4. The van der Waals surface area contributed by atoms with Gasteiger partial charge in [-0.2, -0.15) is 0 Å². The second-order valence-electron chi connectivity index (χ2n) is 4.66. The van der Waals surface area contributed by atoms with Gasteiger partial charge in [-0.1, -0.05) is 35.9 Å². The van der Waals surface area contributed by atoms with Crippen LogP contribution in [0.4, 0.5) is 10.1 Å². The molecule has 1 N–H and O–H groups in total. The average Bonchev–Trinajstić information content (AvgIpc) is 2.47. The monoisotopic (exact) mass is 308 g/mol. The molecule has 0 spiro atoms. The van der Waals surface area contributed by atoms with E-state index < -0.39 is 10.7 Å². The van der Waals surface area contributed by atoms with Gasteiger partial charge in [-0.3, -0.25) is 10.1 Å². The van der Waals surface area contributed by atoms with Crippen molar-refractivity contribution in [3.63, 3.8) is 0 Å². The van der Waals surface area contributed by atoms with Gasteiger partial charge >= 0.3 is 0 Å². The van der Waals surface area contributed by atoms with Gasteiger partial charge in [0.25, 0.3) is 5.69 Å². The topological polar surface area (TPSA) is 55.2 Å². The average molecular weight is 309 g/mol. The molecule has 0 aliphatic carbocycles. The lowest BCUT2D eigenvalue weighted by atomic mass is 10.1. The van der Waals surface area contributed by atoms with Gasteiger partial charge in [0.1, 0.15) is 5.82 Å². The normalized spacial score (nSPS) is 12.1. The summed E-state index contributed by atoms with van der Waals surface area (Å²) in [5.74, 6) is -0.478. The molecule has 1 atom stereocenters. The van der Waals surface area contributed by atoms with Crippen LogP contribution in [0.2, 0.25) is 5.02 Å². The zero-order valence-corrected chi connectivity index (χ0v) is 12.1. The summed E-state index contributed by atoms with van der Waals surface area (Å²) in [6, 6.07) is 11.0. The molecular formula is C15H14ClFN2O2. The lowest BCUT2D eigenvalue weighted by Gasteiger charge is -2.14. The van der Waals surface area contributed by atoms with Gasteiger partial charge in [0.2, 0.25) is 0 Å². The van der Waals surface area contributed by atoms with E-state index in [4.69, 9.17) is 11.6 Å². The molecule has 0 aliphatic rings. The number of para-hydroxylation sites is 1. The van der Waals surface area contributed by atoms with Crippen molar-refractivity contribution in [2.24, 2.45) is 0 Å². The molecule has 0 saturated heterocycles. The number of hydrogen-bond acceptors (Lipinski definition) is 3. The second kappa shape index (κ2) is 6.65. The van der Waals surface area contributed by atoms with Gasteiger partial charge in [-0.15, -0.1) is 0 Å². The molecule has 110 valence electrons. The van der Waals surface area contributed by atoms with Crippen LogP contribution in [0.1, 0.15) is 24.1 Å². The Bertz CT molecular complexity index is 664. The second-order valence-corrected chi connectivity index (χ2v) is 5.07. The minimum atomic E-state index is -0.478. The molecule has 6 heteroatoms. The van der Waals surface area contributed by atoms with Crippen LogP contribution in [-0.2, 0) is 6.54 Å². The van der Waals surface area contributed by atoms with Crippen LogP contribution in [0.3, 0.4) is 0 Å². The van der Waals surface area contributed by atoms with E-state index in [1.165, 1.54) is 18.2 Å². The van der Waals surface area contributed by atoms with Crippen molar-refractivity contribution < 1.29 is 9.31 Å². The first-order chi connectivity index (χ1) is 9.99. The molecular weight excluding hydrogens is 295 g/mol. The molecule has 2 aromatic carbocycles. The maximum Gasteiger partial charge on any atom is 0.273 e. The van der Waals surface area contributed by atoms with Gasteiger partial charge in [0.05, 0.1) is 9.95 Å². The highest BCUT2D eigenvalue weighted by atomic mass is 35.5. The Morgan fingerprint density at radius 3 is 2.71 bits per heavy atom. The molecule has 0 aliphatic heterocycles. The van der Waals surface area contributed by atoms with Crippen molar-refractivity contribution >= 4 is 17.3 Å².